The molecule has 3 N–H and O–H groups in total. The van der Waals surface area contributed by atoms with Crippen molar-refractivity contribution in [3.63, 3.8) is 0 Å². The summed E-state index contributed by atoms with van der Waals surface area (Å²) in [6.07, 6.45) is -0.268. The zero-order valence-electron chi connectivity index (χ0n) is 10.7. The zero-order valence-corrected chi connectivity index (χ0v) is 10.7. The third-order valence-corrected chi connectivity index (χ3v) is 2.53. The number of phenols is 1. The van der Waals surface area contributed by atoms with Crippen LogP contribution in [-0.4, -0.2) is 16.9 Å². The van der Waals surface area contributed by atoms with E-state index in [4.69, 9.17) is 5.11 Å². The van der Waals surface area contributed by atoms with Gasteiger partial charge in [-0.05, 0) is 36.4 Å². The summed E-state index contributed by atoms with van der Waals surface area (Å²) in [4.78, 5) is 23.3. The number of carbonyl (C=O) groups is 2. The van der Waals surface area contributed by atoms with Crippen LogP contribution in [0.15, 0.2) is 54.6 Å². The summed E-state index contributed by atoms with van der Waals surface area (Å²) in [6.45, 7) is 0. The van der Waals surface area contributed by atoms with Crippen molar-refractivity contribution in [2.45, 2.75) is 6.42 Å². The predicted octanol–water partition coefficient (Wildman–Crippen LogP) is 2.36. The van der Waals surface area contributed by atoms with Crippen molar-refractivity contribution >= 4 is 23.2 Å². The Kier molecular flexibility index (Phi) is 4.34. The maximum absolute atomic E-state index is 11.7. The molecule has 0 bridgehead atoms. The Morgan fingerprint density at radius 1 is 0.800 bits per heavy atom. The fraction of sp³-hybridized carbons (Fsp3) is 0.0667. The Labute approximate surface area is 116 Å². The molecule has 0 atom stereocenters. The van der Waals surface area contributed by atoms with Gasteiger partial charge in [-0.25, -0.2) is 0 Å². The number of para-hydroxylation sites is 1. The third-order valence-electron chi connectivity index (χ3n) is 2.53. The Morgan fingerprint density at radius 3 is 1.85 bits per heavy atom. The molecule has 0 aliphatic carbocycles. The molecule has 0 heterocycles. The molecule has 2 aromatic carbocycles. The van der Waals surface area contributed by atoms with Gasteiger partial charge < -0.3 is 15.7 Å². The molecule has 0 radical (unpaired) electrons. The van der Waals surface area contributed by atoms with Crippen LogP contribution in [0.5, 0.6) is 5.75 Å². The summed E-state index contributed by atoms with van der Waals surface area (Å²) in [5.41, 5.74) is 1.18. The number of hydrogen-bond donors (Lipinski definition) is 3. The molecule has 20 heavy (non-hydrogen) atoms. The van der Waals surface area contributed by atoms with E-state index in [1.54, 1.807) is 36.4 Å². The van der Waals surface area contributed by atoms with Gasteiger partial charge in [-0.1, -0.05) is 18.2 Å². The molecule has 5 heteroatoms. The summed E-state index contributed by atoms with van der Waals surface area (Å²) in [5, 5.41) is 14.3. The second-order valence-electron chi connectivity index (χ2n) is 4.19. The summed E-state index contributed by atoms with van der Waals surface area (Å²) in [5.74, 6) is -0.679. The average Bonchev–Trinajstić information content (AvgIpc) is 2.42. The molecule has 0 saturated heterocycles. The maximum atomic E-state index is 11.7. The number of carbonyl (C=O) groups excluding carboxylic acids is 2. The van der Waals surface area contributed by atoms with Gasteiger partial charge in [0, 0.05) is 11.4 Å². The summed E-state index contributed by atoms with van der Waals surface area (Å²) in [6, 6.07) is 15.0. The lowest BCUT2D eigenvalue weighted by Crippen LogP contribution is -2.21. The minimum atomic E-state index is -0.413. The van der Waals surface area contributed by atoms with Crippen LogP contribution in [-0.2, 0) is 9.59 Å². The minimum absolute atomic E-state index is 0.116. The highest BCUT2D eigenvalue weighted by Gasteiger charge is 2.09. The highest BCUT2D eigenvalue weighted by atomic mass is 16.3. The van der Waals surface area contributed by atoms with Crippen molar-refractivity contribution in [3.05, 3.63) is 54.6 Å². The first kappa shape index (κ1) is 13.6. The monoisotopic (exact) mass is 270 g/mol. The van der Waals surface area contributed by atoms with E-state index in [1.165, 1.54) is 12.1 Å². The lowest BCUT2D eigenvalue weighted by atomic mass is 10.2. The van der Waals surface area contributed by atoms with Crippen LogP contribution in [0.4, 0.5) is 11.4 Å². The van der Waals surface area contributed by atoms with Gasteiger partial charge in [-0.3, -0.25) is 9.59 Å². The van der Waals surface area contributed by atoms with Crippen LogP contribution in [0.1, 0.15) is 6.42 Å². The lowest BCUT2D eigenvalue weighted by Gasteiger charge is -2.06. The normalized spacial score (nSPS) is 9.80. The largest absolute Gasteiger partial charge is 0.508 e. The van der Waals surface area contributed by atoms with Gasteiger partial charge in [0.1, 0.15) is 12.2 Å². The van der Waals surface area contributed by atoms with Crippen molar-refractivity contribution in [2.24, 2.45) is 0 Å². The van der Waals surface area contributed by atoms with Crippen LogP contribution in [0.25, 0.3) is 0 Å². The van der Waals surface area contributed by atoms with Gasteiger partial charge in [0.25, 0.3) is 0 Å². The van der Waals surface area contributed by atoms with Crippen LogP contribution < -0.4 is 10.6 Å². The number of hydrogen-bond acceptors (Lipinski definition) is 3. The average molecular weight is 270 g/mol. The molecule has 0 fully saturated rings. The Balaban J connectivity index is 1.85. The van der Waals surface area contributed by atoms with Gasteiger partial charge in [-0.2, -0.15) is 0 Å². The number of phenolic OH excluding ortho intramolecular Hbond substituents is 1. The van der Waals surface area contributed by atoms with Crippen LogP contribution in [0.2, 0.25) is 0 Å². The quantitative estimate of drug-likeness (QED) is 0.589. The molecule has 0 aliphatic heterocycles. The molecule has 2 amide bonds. The van der Waals surface area contributed by atoms with Crippen molar-refractivity contribution in [1.29, 1.82) is 0 Å². The van der Waals surface area contributed by atoms with Gasteiger partial charge in [0.05, 0.1) is 0 Å². The van der Waals surface area contributed by atoms with Gasteiger partial charge >= 0.3 is 0 Å². The molecule has 0 unspecified atom stereocenters. The van der Waals surface area contributed by atoms with E-state index in [0.29, 0.717) is 11.4 Å². The first-order valence-electron chi connectivity index (χ1n) is 6.07. The number of nitrogens with one attached hydrogen (secondary N) is 2. The Hall–Kier alpha value is -2.82. The molecule has 0 saturated carbocycles. The molecular formula is C15H14N2O3. The molecule has 2 aromatic rings. The first-order chi connectivity index (χ1) is 9.63. The molecule has 0 aromatic heterocycles. The molecule has 102 valence electrons. The van der Waals surface area contributed by atoms with Crippen LogP contribution in [0, 0.1) is 0 Å². The topological polar surface area (TPSA) is 78.4 Å². The van der Waals surface area contributed by atoms with Crippen LogP contribution >= 0.6 is 0 Å². The van der Waals surface area contributed by atoms with E-state index in [1.807, 2.05) is 6.07 Å². The highest BCUT2D eigenvalue weighted by molar-refractivity contribution is 6.08. The second kappa shape index (κ2) is 6.38. The zero-order chi connectivity index (χ0) is 14.4. The summed E-state index contributed by atoms with van der Waals surface area (Å²) in [7, 11) is 0. The standard InChI is InChI=1S/C15H14N2O3/c18-13-8-6-12(7-9-13)17-15(20)10-14(19)16-11-4-2-1-3-5-11/h1-9,18H,10H2,(H,16,19)(H,17,20). The molecule has 5 nitrogen and oxygen atoms in total. The summed E-state index contributed by atoms with van der Waals surface area (Å²) < 4.78 is 0. The van der Waals surface area contributed by atoms with E-state index in [2.05, 4.69) is 10.6 Å². The number of benzene rings is 2. The molecule has 0 aliphatic rings. The van der Waals surface area contributed by atoms with Gasteiger partial charge in [0.2, 0.25) is 11.8 Å². The first-order valence-corrected chi connectivity index (χ1v) is 6.07. The minimum Gasteiger partial charge on any atom is -0.508 e. The predicted molar refractivity (Wildman–Crippen MR) is 76.4 cm³/mol. The van der Waals surface area contributed by atoms with Crippen molar-refractivity contribution in [1.82, 2.24) is 0 Å². The van der Waals surface area contributed by atoms with Crippen molar-refractivity contribution in [3.8, 4) is 5.75 Å². The van der Waals surface area contributed by atoms with Gasteiger partial charge in [-0.15, -0.1) is 0 Å². The number of aromatic hydroxyl groups is 1. The van der Waals surface area contributed by atoms with Gasteiger partial charge in [0.15, 0.2) is 0 Å². The maximum Gasteiger partial charge on any atom is 0.233 e. The van der Waals surface area contributed by atoms with E-state index < -0.39 is 5.91 Å². The number of rotatable bonds is 4. The molecule has 2 rings (SSSR count). The number of anilines is 2. The smallest absolute Gasteiger partial charge is 0.233 e. The second-order valence-corrected chi connectivity index (χ2v) is 4.19. The van der Waals surface area contributed by atoms with Crippen molar-refractivity contribution in [2.75, 3.05) is 10.6 Å². The lowest BCUT2D eigenvalue weighted by molar-refractivity contribution is -0.123. The van der Waals surface area contributed by atoms with Crippen molar-refractivity contribution < 1.29 is 14.7 Å². The fourth-order valence-electron chi connectivity index (χ4n) is 1.62. The van der Waals surface area contributed by atoms with E-state index in [9.17, 15) is 9.59 Å². The van der Waals surface area contributed by atoms with Crippen LogP contribution in [0.3, 0.4) is 0 Å². The summed E-state index contributed by atoms with van der Waals surface area (Å²) >= 11 is 0. The molecule has 0 spiro atoms. The van der Waals surface area contributed by atoms with E-state index in [-0.39, 0.29) is 18.1 Å². The SMILES string of the molecule is O=C(CC(=O)Nc1ccc(O)cc1)Nc1ccccc1. The number of amides is 2. The fourth-order valence-corrected chi connectivity index (χ4v) is 1.62. The van der Waals surface area contributed by atoms with E-state index >= 15 is 0 Å². The third kappa shape index (κ3) is 4.13. The Morgan fingerprint density at radius 2 is 1.30 bits per heavy atom. The van der Waals surface area contributed by atoms with E-state index in [0.717, 1.165) is 0 Å². The molecular weight excluding hydrogens is 256 g/mol. The Bertz CT molecular complexity index is 594. The highest BCUT2D eigenvalue weighted by Crippen LogP contribution is 2.14.